The molecule has 5 heteroatoms. The van der Waals surface area contributed by atoms with Crippen molar-refractivity contribution in [3.05, 3.63) is 0 Å². The second-order valence-electron chi connectivity index (χ2n) is 5.48. The first-order chi connectivity index (χ1) is 6.85. The topological polar surface area (TPSA) is 65.3 Å². The molecule has 0 bridgehead atoms. The molecule has 2 heterocycles. The fourth-order valence-electron chi connectivity index (χ4n) is 2.38. The molecule has 2 aliphatic heterocycles. The van der Waals surface area contributed by atoms with Crippen LogP contribution in [-0.4, -0.2) is 34.9 Å². The minimum absolute atomic E-state index is 0.0393. The van der Waals surface area contributed by atoms with Gasteiger partial charge in [-0.15, -0.1) is 0 Å². The van der Waals surface area contributed by atoms with Gasteiger partial charge in [0.1, 0.15) is 0 Å². The molecule has 1 atom stereocenters. The molecule has 0 aromatic rings. The average molecular weight is 211 g/mol. The first-order valence-corrected chi connectivity index (χ1v) is 5.27. The Kier molecular flexibility index (Phi) is 2.03. The van der Waals surface area contributed by atoms with Crippen LogP contribution in [0.25, 0.3) is 0 Å². The third-order valence-corrected chi connectivity index (χ3v) is 3.38. The lowest BCUT2D eigenvalue weighted by Gasteiger charge is -2.41. The number of nitrogens with zero attached hydrogens (tertiary/aromatic N) is 3. The summed E-state index contributed by atoms with van der Waals surface area (Å²) in [4.78, 5) is 12.4. The molecular weight excluding hydrogens is 194 g/mol. The van der Waals surface area contributed by atoms with Crippen LogP contribution in [0.15, 0.2) is 10.2 Å². The summed E-state index contributed by atoms with van der Waals surface area (Å²) in [6.45, 7) is 7.46. The van der Waals surface area contributed by atoms with E-state index in [1.165, 1.54) is 4.90 Å². The lowest BCUT2D eigenvalue weighted by molar-refractivity contribution is 0.0587. The first kappa shape index (κ1) is 10.4. The fourth-order valence-corrected chi connectivity index (χ4v) is 2.38. The SMILES string of the molecule is CC(C)(C)C1CN(C(=O)O)CCC12N=N2. The molecule has 1 N–H and O–H groups in total. The molecule has 0 saturated carbocycles. The Balaban J connectivity index is 2.14. The van der Waals surface area contributed by atoms with Crippen molar-refractivity contribution < 1.29 is 9.90 Å². The number of hydrogen-bond acceptors (Lipinski definition) is 3. The summed E-state index contributed by atoms with van der Waals surface area (Å²) >= 11 is 0. The Bertz CT molecular complexity index is 313. The number of amides is 1. The lowest BCUT2D eigenvalue weighted by atomic mass is 9.71. The van der Waals surface area contributed by atoms with E-state index in [-0.39, 0.29) is 17.0 Å². The number of carboxylic acid groups (broad SMARTS) is 1. The summed E-state index contributed by atoms with van der Waals surface area (Å²) in [5.74, 6) is 0.204. The van der Waals surface area contributed by atoms with Gasteiger partial charge >= 0.3 is 6.09 Å². The predicted molar refractivity (Wildman–Crippen MR) is 54.7 cm³/mol. The van der Waals surface area contributed by atoms with E-state index in [1.54, 1.807) is 0 Å². The van der Waals surface area contributed by atoms with Crippen LogP contribution < -0.4 is 0 Å². The van der Waals surface area contributed by atoms with E-state index in [4.69, 9.17) is 5.11 Å². The molecule has 0 aromatic heterocycles. The molecule has 5 nitrogen and oxygen atoms in total. The number of likely N-dealkylation sites (tertiary alicyclic amines) is 1. The maximum atomic E-state index is 10.9. The molecule has 84 valence electrons. The third-order valence-electron chi connectivity index (χ3n) is 3.38. The smallest absolute Gasteiger partial charge is 0.407 e. The van der Waals surface area contributed by atoms with Crippen LogP contribution in [-0.2, 0) is 0 Å². The molecule has 1 amide bonds. The van der Waals surface area contributed by atoms with Crippen LogP contribution in [0.1, 0.15) is 27.2 Å². The van der Waals surface area contributed by atoms with Gasteiger partial charge in [0.15, 0.2) is 5.66 Å². The first-order valence-electron chi connectivity index (χ1n) is 5.27. The van der Waals surface area contributed by atoms with E-state index >= 15 is 0 Å². The van der Waals surface area contributed by atoms with Gasteiger partial charge in [-0.25, -0.2) is 4.79 Å². The zero-order valence-corrected chi connectivity index (χ0v) is 9.40. The van der Waals surface area contributed by atoms with Gasteiger partial charge in [-0.3, -0.25) is 0 Å². The van der Waals surface area contributed by atoms with Gasteiger partial charge in [0.2, 0.25) is 0 Å². The minimum Gasteiger partial charge on any atom is -0.465 e. The molecule has 2 aliphatic rings. The predicted octanol–water partition coefficient (Wildman–Crippen LogP) is 2.19. The van der Waals surface area contributed by atoms with E-state index in [0.29, 0.717) is 13.1 Å². The molecule has 1 saturated heterocycles. The quantitative estimate of drug-likeness (QED) is 0.667. The third kappa shape index (κ3) is 1.70. The van der Waals surface area contributed by atoms with Gasteiger partial charge in [-0.1, -0.05) is 20.8 Å². The van der Waals surface area contributed by atoms with Crippen LogP contribution in [0, 0.1) is 11.3 Å². The second-order valence-corrected chi connectivity index (χ2v) is 5.48. The van der Waals surface area contributed by atoms with Gasteiger partial charge in [0, 0.05) is 25.4 Å². The van der Waals surface area contributed by atoms with E-state index in [2.05, 4.69) is 31.0 Å². The van der Waals surface area contributed by atoms with E-state index in [1.807, 2.05) is 0 Å². The van der Waals surface area contributed by atoms with Crippen molar-refractivity contribution in [2.24, 2.45) is 21.6 Å². The Morgan fingerprint density at radius 1 is 1.47 bits per heavy atom. The fraction of sp³-hybridized carbons (Fsp3) is 0.900. The summed E-state index contributed by atoms with van der Waals surface area (Å²) in [6.07, 6.45) is -0.0962. The molecule has 1 unspecified atom stereocenters. The van der Waals surface area contributed by atoms with E-state index in [9.17, 15) is 4.79 Å². The summed E-state index contributed by atoms with van der Waals surface area (Å²) in [5.41, 5.74) is -0.220. The second kappa shape index (κ2) is 2.93. The zero-order chi connectivity index (χ0) is 11.3. The molecule has 0 radical (unpaired) electrons. The molecule has 0 aliphatic carbocycles. The van der Waals surface area contributed by atoms with Crippen LogP contribution in [0.5, 0.6) is 0 Å². The highest BCUT2D eigenvalue weighted by atomic mass is 16.4. The lowest BCUT2D eigenvalue weighted by Crippen LogP contribution is -2.51. The van der Waals surface area contributed by atoms with Gasteiger partial charge in [0.05, 0.1) is 0 Å². The largest absolute Gasteiger partial charge is 0.465 e. The van der Waals surface area contributed by atoms with Gasteiger partial charge in [-0.2, -0.15) is 10.2 Å². The Morgan fingerprint density at radius 3 is 2.47 bits per heavy atom. The highest BCUT2D eigenvalue weighted by Crippen LogP contribution is 2.50. The summed E-state index contributed by atoms with van der Waals surface area (Å²) in [5, 5.41) is 17.3. The van der Waals surface area contributed by atoms with Crippen molar-refractivity contribution in [3.63, 3.8) is 0 Å². The molecule has 1 fully saturated rings. The van der Waals surface area contributed by atoms with Crippen molar-refractivity contribution >= 4 is 6.09 Å². The molecular formula is C10H17N3O2. The minimum atomic E-state index is -0.834. The van der Waals surface area contributed by atoms with E-state index < -0.39 is 6.09 Å². The van der Waals surface area contributed by atoms with Crippen LogP contribution >= 0.6 is 0 Å². The molecule has 15 heavy (non-hydrogen) atoms. The van der Waals surface area contributed by atoms with Crippen molar-refractivity contribution in [2.45, 2.75) is 32.9 Å². The van der Waals surface area contributed by atoms with Crippen molar-refractivity contribution in [3.8, 4) is 0 Å². The zero-order valence-electron chi connectivity index (χ0n) is 9.40. The standard InChI is InChI=1S/C10H17N3O2/c1-9(2,3)7-6-13(8(14)15)5-4-10(7)11-12-10/h7H,4-6H2,1-3H3,(H,14,15). The monoisotopic (exact) mass is 211 g/mol. The Labute approximate surface area is 89.2 Å². The van der Waals surface area contributed by atoms with E-state index in [0.717, 1.165) is 6.42 Å². The Morgan fingerprint density at radius 2 is 2.07 bits per heavy atom. The van der Waals surface area contributed by atoms with Crippen molar-refractivity contribution in [1.29, 1.82) is 0 Å². The highest BCUT2D eigenvalue weighted by molar-refractivity contribution is 5.65. The van der Waals surface area contributed by atoms with Crippen molar-refractivity contribution in [1.82, 2.24) is 4.90 Å². The maximum absolute atomic E-state index is 10.9. The summed E-state index contributed by atoms with van der Waals surface area (Å²) < 4.78 is 0. The highest BCUT2D eigenvalue weighted by Gasteiger charge is 2.55. The van der Waals surface area contributed by atoms with Crippen LogP contribution in [0.3, 0.4) is 0 Å². The maximum Gasteiger partial charge on any atom is 0.407 e. The number of hydrogen-bond donors (Lipinski definition) is 1. The average Bonchev–Trinajstić information content (AvgIpc) is 2.83. The molecule has 1 spiro atoms. The summed E-state index contributed by atoms with van der Waals surface area (Å²) in [7, 11) is 0. The normalized spacial score (nSPS) is 28.2. The number of carbonyl (C=O) groups is 1. The van der Waals surface area contributed by atoms with Gasteiger partial charge < -0.3 is 10.0 Å². The van der Waals surface area contributed by atoms with Gasteiger partial charge in [-0.05, 0) is 5.41 Å². The van der Waals surface area contributed by atoms with Crippen molar-refractivity contribution in [2.75, 3.05) is 13.1 Å². The van der Waals surface area contributed by atoms with Crippen LogP contribution in [0.4, 0.5) is 4.79 Å². The Hall–Kier alpha value is -1.13. The number of piperidine rings is 1. The molecule has 0 aromatic carbocycles. The molecule has 2 rings (SSSR count). The number of rotatable bonds is 0. The van der Waals surface area contributed by atoms with Gasteiger partial charge in [0.25, 0.3) is 0 Å². The van der Waals surface area contributed by atoms with Crippen LogP contribution in [0.2, 0.25) is 0 Å². The summed E-state index contributed by atoms with van der Waals surface area (Å²) in [6, 6.07) is 0.